The van der Waals surface area contributed by atoms with Gasteiger partial charge in [0.05, 0.1) is 0 Å². The number of nitrogens with two attached hydrogens (primary N) is 1. The molecule has 0 saturated carbocycles. The first-order valence-electron chi connectivity index (χ1n) is 4.48. The Morgan fingerprint density at radius 2 is 1.69 bits per heavy atom. The molecule has 0 spiro atoms. The van der Waals surface area contributed by atoms with E-state index in [1.165, 1.54) is 0 Å². The van der Waals surface area contributed by atoms with Gasteiger partial charge < -0.3 is 0 Å². The molecule has 9 nitrogen and oxygen atoms in total. The Morgan fingerprint density at radius 3 is 2.19 bits per heavy atom. The molecule has 1 heterocycles. The molecule has 0 bridgehead atoms. The standard InChI is InChI=1S/C6H16NO8P/c7-3-5(9)4(8)2(15-6(3)10)1-14-16(11,12)13/h2-6,8-13,16H,1,7H2/t2-,3-,4-,5-,6?/m1/s1. The van der Waals surface area contributed by atoms with Gasteiger partial charge in [-0.25, -0.2) is 0 Å². The molecule has 1 unspecified atom stereocenters. The third kappa shape index (κ3) is 3.54. The molecule has 0 aromatic carbocycles. The van der Waals surface area contributed by atoms with Crippen LogP contribution in [0.5, 0.6) is 0 Å². The summed E-state index contributed by atoms with van der Waals surface area (Å²) < 4.78 is 8.99. The van der Waals surface area contributed by atoms with Crippen LogP contribution in [0.4, 0.5) is 0 Å². The zero-order chi connectivity index (χ0) is 12.5. The van der Waals surface area contributed by atoms with E-state index in [2.05, 4.69) is 4.52 Å². The minimum atomic E-state index is -4.72. The second-order valence-corrected chi connectivity index (χ2v) is 4.94. The van der Waals surface area contributed by atoms with Crippen LogP contribution in [0, 0.1) is 0 Å². The van der Waals surface area contributed by atoms with Crippen molar-refractivity contribution in [2.24, 2.45) is 5.73 Å². The van der Waals surface area contributed by atoms with E-state index in [9.17, 15) is 15.3 Å². The Kier molecular flexibility index (Phi) is 4.55. The van der Waals surface area contributed by atoms with E-state index < -0.39 is 45.4 Å². The van der Waals surface area contributed by atoms with E-state index in [1.807, 2.05) is 0 Å². The molecular weight excluding hydrogens is 245 g/mol. The van der Waals surface area contributed by atoms with Gasteiger partial charge in [0.25, 0.3) is 0 Å². The molecule has 1 saturated heterocycles. The number of hydrogen-bond donors (Lipinski definition) is 7. The first-order chi connectivity index (χ1) is 7.22. The fourth-order valence-corrected chi connectivity index (χ4v) is 1.69. The van der Waals surface area contributed by atoms with Crippen LogP contribution in [0.2, 0.25) is 0 Å². The Balaban J connectivity index is 2.54. The molecule has 8 N–H and O–H groups in total. The van der Waals surface area contributed by atoms with Crippen LogP contribution in [0.3, 0.4) is 0 Å². The summed E-state index contributed by atoms with van der Waals surface area (Å²) in [4.78, 5) is 25.7. The monoisotopic (exact) mass is 261 g/mol. The van der Waals surface area contributed by atoms with Crippen LogP contribution in [-0.2, 0) is 9.26 Å². The molecule has 5 atom stereocenters. The van der Waals surface area contributed by atoms with Gasteiger partial charge in [-0.2, -0.15) is 0 Å². The third-order valence-corrected chi connectivity index (χ3v) is 2.76. The minimum absolute atomic E-state index is 0.599. The summed E-state index contributed by atoms with van der Waals surface area (Å²) >= 11 is 0. The van der Waals surface area contributed by atoms with Crippen LogP contribution in [0.1, 0.15) is 0 Å². The van der Waals surface area contributed by atoms with E-state index in [1.54, 1.807) is 0 Å². The molecule has 98 valence electrons. The normalized spacial score (nSPS) is 42.1. The Morgan fingerprint density at radius 1 is 1.12 bits per heavy atom. The maximum absolute atomic E-state index is 9.45. The van der Waals surface area contributed by atoms with Crippen molar-refractivity contribution >= 4 is 8.17 Å². The topological polar surface area (TPSA) is 166 Å². The molecule has 16 heavy (non-hydrogen) atoms. The van der Waals surface area contributed by atoms with Crippen LogP contribution >= 0.6 is 8.17 Å². The van der Waals surface area contributed by atoms with Gasteiger partial charge in [0, 0.05) is 0 Å². The van der Waals surface area contributed by atoms with Crippen molar-refractivity contribution in [2.45, 2.75) is 30.6 Å². The molecule has 0 radical (unpaired) electrons. The zero-order valence-electron chi connectivity index (χ0n) is 8.17. The maximum atomic E-state index is 9.45. The summed E-state index contributed by atoms with van der Waals surface area (Å²) in [5, 5.41) is 28.0. The van der Waals surface area contributed by atoms with Crippen molar-refractivity contribution in [2.75, 3.05) is 6.61 Å². The number of hydrogen-bond acceptors (Lipinski definition) is 9. The van der Waals surface area contributed by atoms with Gasteiger partial charge in [-0.05, 0) is 0 Å². The van der Waals surface area contributed by atoms with E-state index >= 15 is 0 Å². The van der Waals surface area contributed by atoms with E-state index in [0.717, 1.165) is 0 Å². The summed E-state index contributed by atoms with van der Waals surface area (Å²) in [6, 6.07) is -1.18. The predicted octanol–water partition coefficient (Wildman–Crippen LogP) is -3.84. The zero-order valence-corrected chi connectivity index (χ0v) is 9.17. The predicted molar refractivity (Wildman–Crippen MR) is 51.8 cm³/mol. The van der Waals surface area contributed by atoms with Crippen LogP contribution < -0.4 is 5.73 Å². The van der Waals surface area contributed by atoms with Crippen molar-refractivity contribution in [3.63, 3.8) is 0 Å². The average molecular weight is 261 g/mol. The molecule has 0 amide bonds. The molecule has 0 aliphatic carbocycles. The summed E-state index contributed by atoms with van der Waals surface area (Å²) in [5.74, 6) is 0. The first kappa shape index (κ1) is 14.1. The number of aliphatic hydroxyl groups excluding tert-OH is 3. The van der Waals surface area contributed by atoms with Gasteiger partial charge >= 0.3 is 90.4 Å². The quantitative estimate of drug-likeness (QED) is 0.252. The van der Waals surface area contributed by atoms with E-state index in [0.29, 0.717) is 0 Å². The van der Waals surface area contributed by atoms with Gasteiger partial charge in [0.1, 0.15) is 0 Å². The van der Waals surface area contributed by atoms with Gasteiger partial charge in [0.2, 0.25) is 0 Å². The van der Waals surface area contributed by atoms with Gasteiger partial charge in [0.15, 0.2) is 0 Å². The van der Waals surface area contributed by atoms with Crippen molar-refractivity contribution in [1.29, 1.82) is 0 Å². The number of ether oxygens (including phenoxy) is 1. The van der Waals surface area contributed by atoms with E-state index in [4.69, 9.17) is 25.2 Å². The second-order valence-electron chi connectivity index (χ2n) is 3.51. The SMILES string of the molecule is N[C@H]1C(O)O[C@H](CO[PH](O)(O)O)[C@@H](O)[C@@H]1O. The van der Waals surface area contributed by atoms with E-state index in [-0.39, 0.29) is 0 Å². The first-order valence-corrected chi connectivity index (χ1v) is 6.23. The summed E-state index contributed by atoms with van der Waals surface area (Å²) in [6.07, 6.45) is -5.64. The van der Waals surface area contributed by atoms with Crippen molar-refractivity contribution < 1.29 is 39.3 Å². The number of rotatable bonds is 3. The van der Waals surface area contributed by atoms with Crippen molar-refractivity contribution in [1.82, 2.24) is 0 Å². The fourth-order valence-electron chi connectivity index (χ4n) is 1.30. The summed E-state index contributed by atoms with van der Waals surface area (Å²) in [6.45, 7) is -0.599. The average Bonchev–Trinajstić information content (AvgIpc) is 2.17. The molecule has 1 fully saturated rings. The fraction of sp³-hybridized carbons (Fsp3) is 1.00. The van der Waals surface area contributed by atoms with Gasteiger partial charge in [-0.15, -0.1) is 0 Å². The Labute approximate surface area is 91.3 Å². The summed E-state index contributed by atoms with van der Waals surface area (Å²) in [7, 11) is -4.72. The molecule has 0 aromatic heterocycles. The number of aliphatic hydroxyl groups is 3. The van der Waals surface area contributed by atoms with Gasteiger partial charge in [-0.3, -0.25) is 0 Å². The molecule has 1 aliphatic rings. The van der Waals surface area contributed by atoms with Crippen molar-refractivity contribution in [3.8, 4) is 0 Å². The van der Waals surface area contributed by atoms with Gasteiger partial charge in [-0.1, -0.05) is 0 Å². The van der Waals surface area contributed by atoms with Crippen molar-refractivity contribution in [3.05, 3.63) is 0 Å². The second kappa shape index (κ2) is 5.15. The summed E-state index contributed by atoms with van der Waals surface area (Å²) in [5.41, 5.74) is 5.29. The van der Waals surface area contributed by atoms with Crippen LogP contribution in [0.15, 0.2) is 0 Å². The van der Waals surface area contributed by atoms with Crippen LogP contribution in [-0.4, -0.2) is 67.3 Å². The molecule has 10 heteroatoms. The van der Waals surface area contributed by atoms with Crippen LogP contribution in [0.25, 0.3) is 0 Å². The molecule has 0 aromatic rings. The Bertz CT molecular complexity index is 235. The molecular formula is C6H16NO8P. The molecule has 1 aliphatic heterocycles. The molecule has 1 rings (SSSR count). The third-order valence-electron chi connectivity index (χ3n) is 2.21. The Hall–Kier alpha value is 0.0700.